The number of amides is 1. The highest BCUT2D eigenvalue weighted by Crippen LogP contribution is 2.17. The van der Waals surface area contributed by atoms with Crippen LogP contribution >= 0.6 is 0 Å². The number of carbonyl (C=O) groups is 2. The van der Waals surface area contributed by atoms with Crippen LogP contribution in [0.2, 0.25) is 0 Å². The number of carboxylic acid groups (broad SMARTS) is 1. The van der Waals surface area contributed by atoms with Gasteiger partial charge in [-0.05, 0) is 44.9 Å². The zero-order chi connectivity index (χ0) is 16.9. The van der Waals surface area contributed by atoms with Crippen LogP contribution in [0.1, 0.15) is 38.8 Å². The van der Waals surface area contributed by atoms with Gasteiger partial charge in [-0.1, -0.05) is 12.1 Å². The first-order valence-electron chi connectivity index (χ1n) is 6.82. The number of hydrogen-bond donors (Lipinski definition) is 3. The Morgan fingerprint density at radius 1 is 1.32 bits per heavy atom. The SMILES string of the molecule is CC(C)(C)OC(=O)N[C@H](C[C@@H](N)c1ccc(F)cc1)C(=O)O. The molecule has 1 aromatic rings. The van der Waals surface area contributed by atoms with Gasteiger partial charge >= 0.3 is 12.1 Å². The molecule has 0 fully saturated rings. The van der Waals surface area contributed by atoms with Crippen LogP contribution in [0, 0.1) is 5.82 Å². The third-order valence-electron chi connectivity index (χ3n) is 2.78. The molecule has 0 saturated heterocycles. The van der Waals surface area contributed by atoms with E-state index in [-0.39, 0.29) is 6.42 Å². The molecule has 0 spiro atoms. The van der Waals surface area contributed by atoms with Gasteiger partial charge in [0.2, 0.25) is 0 Å². The van der Waals surface area contributed by atoms with E-state index in [2.05, 4.69) is 5.32 Å². The highest BCUT2D eigenvalue weighted by molar-refractivity contribution is 5.80. The van der Waals surface area contributed by atoms with E-state index in [0.717, 1.165) is 0 Å². The van der Waals surface area contributed by atoms with Gasteiger partial charge in [-0.15, -0.1) is 0 Å². The van der Waals surface area contributed by atoms with Crippen LogP contribution in [0.15, 0.2) is 24.3 Å². The molecule has 0 unspecified atom stereocenters. The van der Waals surface area contributed by atoms with Crippen molar-refractivity contribution in [3.05, 3.63) is 35.6 Å². The number of benzene rings is 1. The van der Waals surface area contributed by atoms with Crippen LogP contribution < -0.4 is 11.1 Å². The Morgan fingerprint density at radius 3 is 2.32 bits per heavy atom. The summed E-state index contributed by atoms with van der Waals surface area (Å²) < 4.78 is 17.9. The fraction of sp³-hybridized carbons (Fsp3) is 0.467. The van der Waals surface area contributed by atoms with Crippen LogP contribution in [0.4, 0.5) is 9.18 Å². The highest BCUT2D eigenvalue weighted by Gasteiger charge is 2.26. The molecule has 122 valence electrons. The summed E-state index contributed by atoms with van der Waals surface area (Å²) in [6, 6.07) is 3.59. The second-order valence-electron chi connectivity index (χ2n) is 5.93. The van der Waals surface area contributed by atoms with Crippen molar-refractivity contribution in [1.29, 1.82) is 0 Å². The van der Waals surface area contributed by atoms with Gasteiger partial charge in [0.05, 0.1) is 0 Å². The molecular weight excluding hydrogens is 291 g/mol. The topological polar surface area (TPSA) is 102 Å². The van der Waals surface area contributed by atoms with Gasteiger partial charge in [-0.3, -0.25) is 0 Å². The van der Waals surface area contributed by atoms with E-state index in [0.29, 0.717) is 5.56 Å². The number of ether oxygens (including phenoxy) is 1. The van der Waals surface area contributed by atoms with Crippen molar-refractivity contribution in [3.8, 4) is 0 Å². The predicted octanol–water partition coefficient (Wildman–Crippen LogP) is 2.19. The smallest absolute Gasteiger partial charge is 0.408 e. The molecule has 0 bridgehead atoms. The molecule has 22 heavy (non-hydrogen) atoms. The minimum absolute atomic E-state index is 0.0415. The second kappa shape index (κ2) is 7.22. The van der Waals surface area contributed by atoms with Crippen molar-refractivity contribution >= 4 is 12.1 Å². The summed E-state index contributed by atoms with van der Waals surface area (Å²) in [6.07, 6.45) is -0.869. The summed E-state index contributed by atoms with van der Waals surface area (Å²) in [5.41, 5.74) is 5.76. The Kier molecular flexibility index (Phi) is 5.87. The Hall–Kier alpha value is -2.15. The molecule has 0 heterocycles. The zero-order valence-electron chi connectivity index (χ0n) is 12.8. The lowest BCUT2D eigenvalue weighted by Gasteiger charge is -2.23. The average Bonchev–Trinajstić information content (AvgIpc) is 2.36. The molecule has 0 aliphatic rings. The molecule has 0 aromatic heterocycles. The third kappa shape index (κ3) is 6.09. The Bertz CT molecular complexity index is 525. The van der Waals surface area contributed by atoms with Crippen LogP contribution in [0.25, 0.3) is 0 Å². The lowest BCUT2D eigenvalue weighted by atomic mass is 10.0. The number of halogens is 1. The number of nitrogens with one attached hydrogen (secondary N) is 1. The predicted molar refractivity (Wildman–Crippen MR) is 78.7 cm³/mol. The molecular formula is C15H21FN2O4. The van der Waals surface area contributed by atoms with E-state index >= 15 is 0 Å². The molecule has 7 heteroatoms. The van der Waals surface area contributed by atoms with Crippen LogP contribution in [-0.4, -0.2) is 28.8 Å². The number of aliphatic carboxylic acids is 1. The second-order valence-corrected chi connectivity index (χ2v) is 5.93. The lowest BCUT2D eigenvalue weighted by molar-refractivity contribution is -0.139. The Morgan fingerprint density at radius 2 is 1.86 bits per heavy atom. The molecule has 0 aliphatic heterocycles. The van der Waals surface area contributed by atoms with E-state index in [9.17, 15) is 19.1 Å². The monoisotopic (exact) mass is 312 g/mol. The fourth-order valence-corrected chi connectivity index (χ4v) is 1.77. The summed E-state index contributed by atoms with van der Waals surface area (Å²) in [5.74, 6) is -1.62. The van der Waals surface area contributed by atoms with Crippen LogP contribution in [0.3, 0.4) is 0 Å². The van der Waals surface area contributed by atoms with Gasteiger partial charge in [0, 0.05) is 6.04 Å². The number of carbonyl (C=O) groups excluding carboxylic acids is 1. The van der Waals surface area contributed by atoms with E-state index in [1.54, 1.807) is 20.8 Å². The normalized spacial score (nSPS) is 14.0. The number of alkyl carbamates (subject to hydrolysis) is 1. The minimum Gasteiger partial charge on any atom is -0.480 e. The summed E-state index contributed by atoms with van der Waals surface area (Å²) >= 11 is 0. The first kappa shape index (κ1) is 17.9. The minimum atomic E-state index is -1.22. The van der Waals surface area contributed by atoms with Crippen molar-refractivity contribution in [1.82, 2.24) is 5.32 Å². The van der Waals surface area contributed by atoms with Gasteiger partial charge in [0.1, 0.15) is 17.5 Å². The van der Waals surface area contributed by atoms with Gasteiger partial charge < -0.3 is 20.9 Å². The molecule has 0 aliphatic carbocycles. The number of nitrogens with two attached hydrogens (primary N) is 1. The van der Waals surface area contributed by atoms with Crippen LogP contribution in [0.5, 0.6) is 0 Å². The van der Waals surface area contributed by atoms with E-state index in [4.69, 9.17) is 10.5 Å². The van der Waals surface area contributed by atoms with Gasteiger partial charge in [0.25, 0.3) is 0 Å². The molecule has 1 amide bonds. The maximum absolute atomic E-state index is 12.9. The van der Waals surface area contributed by atoms with Crippen LogP contribution in [-0.2, 0) is 9.53 Å². The molecule has 1 rings (SSSR count). The van der Waals surface area contributed by atoms with Gasteiger partial charge in [-0.25, -0.2) is 14.0 Å². The number of hydrogen-bond acceptors (Lipinski definition) is 4. The summed E-state index contributed by atoms with van der Waals surface area (Å²) in [4.78, 5) is 22.9. The first-order chi connectivity index (χ1) is 10.1. The average molecular weight is 312 g/mol. The molecule has 0 radical (unpaired) electrons. The van der Waals surface area contributed by atoms with Gasteiger partial charge in [-0.2, -0.15) is 0 Å². The lowest BCUT2D eigenvalue weighted by Crippen LogP contribution is -2.44. The quantitative estimate of drug-likeness (QED) is 0.773. The third-order valence-corrected chi connectivity index (χ3v) is 2.78. The first-order valence-corrected chi connectivity index (χ1v) is 6.82. The molecule has 6 nitrogen and oxygen atoms in total. The summed E-state index contributed by atoms with van der Waals surface area (Å²) in [6.45, 7) is 5.02. The Labute approximate surface area is 128 Å². The largest absolute Gasteiger partial charge is 0.480 e. The highest BCUT2D eigenvalue weighted by atomic mass is 19.1. The van der Waals surface area contributed by atoms with Crippen molar-refractivity contribution in [2.45, 2.75) is 44.9 Å². The standard InChI is InChI=1S/C15H21FN2O4/c1-15(2,3)22-14(21)18-12(13(19)20)8-11(17)9-4-6-10(16)7-5-9/h4-7,11-12H,8,17H2,1-3H3,(H,18,21)(H,19,20)/t11-,12-/m1/s1. The van der Waals surface area contributed by atoms with Gasteiger partial charge in [0.15, 0.2) is 0 Å². The molecule has 1 aromatic carbocycles. The zero-order valence-corrected chi connectivity index (χ0v) is 12.8. The summed E-state index contributed by atoms with van der Waals surface area (Å²) in [5, 5.41) is 11.4. The number of carboxylic acids is 1. The van der Waals surface area contributed by atoms with E-state index in [1.165, 1.54) is 24.3 Å². The van der Waals surface area contributed by atoms with Crippen molar-refractivity contribution in [2.75, 3.05) is 0 Å². The van der Waals surface area contributed by atoms with Crippen molar-refractivity contribution in [3.63, 3.8) is 0 Å². The van der Waals surface area contributed by atoms with Crippen molar-refractivity contribution < 1.29 is 23.8 Å². The molecule has 2 atom stereocenters. The fourth-order valence-electron chi connectivity index (χ4n) is 1.77. The molecule has 0 saturated carbocycles. The Balaban J connectivity index is 2.70. The van der Waals surface area contributed by atoms with Crippen molar-refractivity contribution in [2.24, 2.45) is 5.73 Å². The van der Waals surface area contributed by atoms with E-state index < -0.39 is 35.6 Å². The molecule has 4 N–H and O–H groups in total. The number of rotatable bonds is 5. The maximum atomic E-state index is 12.9. The summed E-state index contributed by atoms with van der Waals surface area (Å²) in [7, 11) is 0. The van der Waals surface area contributed by atoms with E-state index in [1.807, 2.05) is 0 Å². The maximum Gasteiger partial charge on any atom is 0.408 e.